The lowest BCUT2D eigenvalue weighted by molar-refractivity contribution is -0.132. The molecule has 0 radical (unpaired) electrons. The van der Waals surface area contributed by atoms with Crippen molar-refractivity contribution in [2.24, 2.45) is 5.92 Å². The van der Waals surface area contributed by atoms with Gasteiger partial charge >= 0.3 is 6.03 Å². The number of nitrogens with zero attached hydrogens (tertiary/aromatic N) is 6. The van der Waals surface area contributed by atoms with E-state index in [2.05, 4.69) is 16.3 Å². The molecule has 5 aromatic rings. The van der Waals surface area contributed by atoms with Gasteiger partial charge in [-0.05, 0) is 92.1 Å². The highest BCUT2D eigenvalue weighted by Crippen LogP contribution is 2.48. The maximum atomic E-state index is 15.0. The third-order valence-corrected chi connectivity index (χ3v) is 12.2. The van der Waals surface area contributed by atoms with Crippen molar-refractivity contribution in [1.29, 1.82) is 5.26 Å². The van der Waals surface area contributed by atoms with E-state index in [1.807, 2.05) is 6.07 Å². The number of nitriles is 1. The standard InChI is InChI=1S/C44H40FN7O6/c45-36-14-8-26(22-37-32-5-1-2-6-33(32)41(54)48-47-37)21-35(36)42(55)50-18-16-49(17-19-50)39(53)7-3-4-20-58-30-12-13-31-28(25-46)10-15-38(34(31)24-30)52-43(56)40-27-9-11-29(23-27)51(40)44(52)57/h1-2,5-6,8,10,12-15,21,24,27,29,40H,3-4,7,9,11,16-20,22-23H2,(H,48,54)/t27-,29+,40+/m1/s1. The van der Waals surface area contributed by atoms with Gasteiger partial charge in [0, 0.05) is 61.2 Å². The van der Waals surface area contributed by atoms with Gasteiger partial charge in [-0.3, -0.25) is 19.2 Å². The SMILES string of the molecule is N#Cc1ccc(N2C(=O)[C@@H]3[C@@H]4CC[C@@H](C4)N3C2=O)c2cc(OCCCCC(=O)N3CCN(C(=O)c4cc(Cc5n[nH]c(=O)c6ccccc56)ccc4F)CC3)ccc12. The zero-order valence-electron chi connectivity index (χ0n) is 31.7. The number of nitrogens with one attached hydrogen (secondary N) is 1. The molecule has 4 aromatic carbocycles. The van der Waals surface area contributed by atoms with Crippen LogP contribution in [0.1, 0.15) is 65.7 Å². The second-order valence-corrected chi connectivity index (χ2v) is 15.5. The van der Waals surface area contributed by atoms with Crippen LogP contribution in [0.15, 0.2) is 77.6 Å². The molecule has 0 unspecified atom stereocenters. The minimum absolute atomic E-state index is 0.0332. The van der Waals surface area contributed by atoms with Crippen LogP contribution in [0.5, 0.6) is 5.75 Å². The molecular formula is C44H40FN7O6. The molecular weight excluding hydrogens is 742 g/mol. The number of imide groups is 1. The topological polar surface area (TPSA) is 160 Å². The molecule has 5 amide bonds. The van der Waals surface area contributed by atoms with E-state index in [0.29, 0.717) is 95.2 Å². The summed E-state index contributed by atoms with van der Waals surface area (Å²) in [4.78, 5) is 72.2. The lowest BCUT2D eigenvalue weighted by Crippen LogP contribution is -2.50. The zero-order chi connectivity index (χ0) is 40.1. The Morgan fingerprint density at radius 1 is 0.879 bits per heavy atom. The molecule has 1 N–H and O–H groups in total. The van der Waals surface area contributed by atoms with E-state index in [1.165, 1.54) is 17.0 Å². The van der Waals surface area contributed by atoms with Gasteiger partial charge in [-0.15, -0.1) is 0 Å². The Kier molecular flexibility index (Phi) is 9.59. The number of anilines is 1. The average Bonchev–Trinajstić information content (AvgIpc) is 3.95. The first-order valence-electron chi connectivity index (χ1n) is 19.8. The molecule has 14 heteroatoms. The molecule has 13 nitrogen and oxygen atoms in total. The number of halogens is 1. The number of unbranched alkanes of at least 4 members (excludes halogenated alkanes) is 1. The summed E-state index contributed by atoms with van der Waals surface area (Å²) in [5, 5.41) is 18.9. The summed E-state index contributed by atoms with van der Waals surface area (Å²) in [5.74, 6) is -0.600. The van der Waals surface area contributed by atoms with Crippen LogP contribution in [0.3, 0.4) is 0 Å². The molecule has 58 heavy (non-hydrogen) atoms. The van der Waals surface area contributed by atoms with Crippen molar-refractivity contribution in [3.63, 3.8) is 0 Å². The van der Waals surface area contributed by atoms with Gasteiger partial charge in [0.1, 0.15) is 17.6 Å². The molecule has 3 atom stereocenters. The molecule has 1 aliphatic carbocycles. The maximum Gasteiger partial charge on any atom is 0.332 e. The lowest BCUT2D eigenvalue weighted by Gasteiger charge is -2.35. The van der Waals surface area contributed by atoms with Crippen LogP contribution in [0.2, 0.25) is 0 Å². The third-order valence-electron chi connectivity index (χ3n) is 12.2. The van der Waals surface area contributed by atoms with Gasteiger partial charge in [-0.25, -0.2) is 19.2 Å². The summed E-state index contributed by atoms with van der Waals surface area (Å²) < 4.78 is 21.0. The molecule has 3 aliphatic heterocycles. The summed E-state index contributed by atoms with van der Waals surface area (Å²) >= 11 is 0. The fraction of sp³-hybridized carbons (Fsp3) is 0.341. The Morgan fingerprint density at radius 2 is 1.67 bits per heavy atom. The molecule has 0 spiro atoms. The Bertz CT molecular complexity index is 2590. The van der Waals surface area contributed by atoms with E-state index < -0.39 is 17.8 Å². The molecule has 4 aliphatic rings. The molecule has 4 heterocycles. The van der Waals surface area contributed by atoms with Crippen LogP contribution in [0, 0.1) is 23.1 Å². The van der Waals surface area contributed by atoms with Gasteiger partial charge < -0.3 is 19.4 Å². The number of hydrogen-bond acceptors (Lipinski definition) is 8. The number of aromatic nitrogens is 2. The van der Waals surface area contributed by atoms with Crippen LogP contribution in [-0.4, -0.2) is 93.5 Å². The zero-order valence-corrected chi connectivity index (χ0v) is 31.7. The van der Waals surface area contributed by atoms with Crippen LogP contribution in [0.4, 0.5) is 14.9 Å². The van der Waals surface area contributed by atoms with Crippen molar-refractivity contribution in [1.82, 2.24) is 24.9 Å². The van der Waals surface area contributed by atoms with E-state index in [0.717, 1.165) is 19.3 Å². The second-order valence-electron chi connectivity index (χ2n) is 15.5. The Labute approximate surface area is 332 Å². The van der Waals surface area contributed by atoms with Gasteiger partial charge in [0.05, 0.1) is 40.6 Å². The normalized spacial score (nSPS) is 20.0. The first-order chi connectivity index (χ1) is 28.2. The van der Waals surface area contributed by atoms with Crippen molar-refractivity contribution < 1.29 is 28.3 Å². The minimum atomic E-state index is -0.631. The molecule has 3 saturated heterocycles. The van der Waals surface area contributed by atoms with Crippen molar-refractivity contribution in [2.75, 3.05) is 37.7 Å². The largest absolute Gasteiger partial charge is 0.494 e. The molecule has 1 saturated carbocycles. The van der Waals surface area contributed by atoms with Gasteiger partial charge in [-0.2, -0.15) is 10.4 Å². The Hall–Kier alpha value is -6.62. The summed E-state index contributed by atoms with van der Waals surface area (Å²) in [6.07, 6.45) is 4.50. The van der Waals surface area contributed by atoms with Crippen molar-refractivity contribution in [2.45, 2.75) is 57.0 Å². The number of fused-ring (bicyclic) bond motifs is 7. The molecule has 9 rings (SSSR count). The fourth-order valence-electron chi connectivity index (χ4n) is 9.24. The molecule has 1 aromatic heterocycles. The molecule has 294 valence electrons. The van der Waals surface area contributed by atoms with Gasteiger partial charge in [-0.1, -0.05) is 24.3 Å². The first kappa shape index (κ1) is 37.0. The van der Waals surface area contributed by atoms with E-state index >= 15 is 0 Å². The minimum Gasteiger partial charge on any atom is -0.494 e. The summed E-state index contributed by atoms with van der Waals surface area (Å²) in [6, 6.07) is 21.7. The van der Waals surface area contributed by atoms with Crippen molar-refractivity contribution in [3.8, 4) is 11.8 Å². The van der Waals surface area contributed by atoms with Gasteiger partial charge in [0.2, 0.25) is 5.91 Å². The number of amides is 5. The number of urea groups is 1. The Morgan fingerprint density at radius 3 is 2.47 bits per heavy atom. The number of carbonyl (C=O) groups is 4. The smallest absolute Gasteiger partial charge is 0.332 e. The highest BCUT2D eigenvalue weighted by molar-refractivity contribution is 6.25. The summed E-state index contributed by atoms with van der Waals surface area (Å²) in [6.45, 7) is 1.54. The number of ether oxygens (including phenoxy) is 1. The number of H-pyrrole nitrogens is 1. The fourth-order valence-corrected chi connectivity index (χ4v) is 9.24. The number of rotatable bonds is 10. The predicted octanol–water partition coefficient (Wildman–Crippen LogP) is 5.53. The van der Waals surface area contributed by atoms with Gasteiger partial charge in [0.15, 0.2) is 0 Å². The van der Waals surface area contributed by atoms with Crippen molar-refractivity contribution in [3.05, 3.63) is 111 Å². The number of aromatic amines is 1. The van der Waals surface area contributed by atoms with Gasteiger partial charge in [0.25, 0.3) is 17.4 Å². The highest BCUT2D eigenvalue weighted by Gasteiger charge is 2.59. The third kappa shape index (κ3) is 6.50. The average molecular weight is 782 g/mol. The van der Waals surface area contributed by atoms with E-state index in [1.54, 1.807) is 69.3 Å². The summed E-state index contributed by atoms with van der Waals surface area (Å²) in [7, 11) is 0. The molecule has 4 fully saturated rings. The number of hydrogen-bond donors (Lipinski definition) is 1. The maximum absolute atomic E-state index is 15.0. The van der Waals surface area contributed by atoms with Crippen LogP contribution < -0.4 is 15.2 Å². The second kappa shape index (κ2) is 15.0. The number of piperidine rings is 1. The van der Waals surface area contributed by atoms with Crippen LogP contribution in [0.25, 0.3) is 21.5 Å². The van der Waals surface area contributed by atoms with Crippen LogP contribution in [-0.2, 0) is 16.0 Å². The lowest BCUT2D eigenvalue weighted by atomic mass is 9.98. The van der Waals surface area contributed by atoms with Crippen LogP contribution >= 0.6 is 0 Å². The van der Waals surface area contributed by atoms with E-state index in [4.69, 9.17) is 4.74 Å². The number of benzene rings is 4. The van der Waals surface area contributed by atoms with E-state index in [9.17, 15) is 33.6 Å². The Balaban J connectivity index is 0.774. The predicted molar refractivity (Wildman–Crippen MR) is 212 cm³/mol. The first-order valence-corrected chi connectivity index (χ1v) is 19.8. The quantitative estimate of drug-likeness (QED) is 0.143. The number of piperazine rings is 1. The monoisotopic (exact) mass is 781 g/mol. The van der Waals surface area contributed by atoms with E-state index in [-0.39, 0.29) is 54.0 Å². The summed E-state index contributed by atoms with van der Waals surface area (Å²) in [5.41, 5.74) is 1.81. The highest BCUT2D eigenvalue weighted by atomic mass is 19.1. The number of carbonyl (C=O) groups excluding carboxylic acids is 4. The van der Waals surface area contributed by atoms with Crippen molar-refractivity contribution >= 4 is 51.0 Å². The molecule has 2 bridgehead atoms.